The van der Waals surface area contributed by atoms with Gasteiger partial charge in [0.15, 0.2) is 0 Å². The van der Waals surface area contributed by atoms with Crippen LogP contribution < -0.4 is 15.2 Å². The molecule has 1 amide bonds. The second-order valence-corrected chi connectivity index (χ2v) is 11.6. The molecule has 0 spiro atoms. The summed E-state index contributed by atoms with van der Waals surface area (Å²) in [6.07, 6.45) is 1.67. The average molecular weight is 515 g/mol. The summed E-state index contributed by atoms with van der Waals surface area (Å²) in [5, 5.41) is 0.895. The Morgan fingerprint density at radius 3 is 2.51 bits per heavy atom. The standard InChI is InChI=1S/C29H30N4O3S/c1-29(30,24-10-4-5-11-25(24)36-2)22-18-33(19-22)28(34)21-13-15-23(16-14-21)32-37(3,35)26-12-6-8-20-9-7-17-31-27(20)26/h4-17,22H,3,18-19,30H2,1-2H3,(H,32,35). The van der Waals surface area contributed by atoms with Crippen LogP contribution in [0.25, 0.3) is 10.9 Å². The summed E-state index contributed by atoms with van der Waals surface area (Å²) >= 11 is 0. The number of nitrogens with zero attached hydrogens (tertiary/aromatic N) is 2. The number of rotatable bonds is 7. The molecular weight excluding hydrogens is 484 g/mol. The van der Waals surface area contributed by atoms with Gasteiger partial charge in [-0.3, -0.25) is 9.78 Å². The number of methoxy groups -OCH3 is 1. The first-order valence-corrected chi connectivity index (χ1v) is 13.7. The third-order valence-corrected chi connectivity index (χ3v) is 8.67. The minimum absolute atomic E-state index is 0.0627. The number of ether oxygens (including phenoxy) is 1. The third kappa shape index (κ3) is 4.65. The van der Waals surface area contributed by atoms with Crippen LogP contribution in [0.2, 0.25) is 0 Å². The molecule has 8 heteroatoms. The number of carbonyl (C=O) groups excluding carboxylic acids is 1. The number of amides is 1. The molecule has 1 aliphatic rings. The van der Waals surface area contributed by atoms with E-state index in [1.54, 1.807) is 48.5 Å². The van der Waals surface area contributed by atoms with Crippen LogP contribution in [-0.2, 0) is 15.2 Å². The number of pyridine rings is 1. The molecule has 4 aromatic rings. The van der Waals surface area contributed by atoms with Gasteiger partial charge in [-0.2, -0.15) is 0 Å². The Balaban J connectivity index is 1.26. The van der Waals surface area contributed by atoms with Gasteiger partial charge in [0.2, 0.25) is 0 Å². The van der Waals surface area contributed by atoms with Gasteiger partial charge < -0.3 is 20.1 Å². The van der Waals surface area contributed by atoms with E-state index in [1.165, 1.54) is 0 Å². The summed E-state index contributed by atoms with van der Waals surface area (Å²) in [5.41, 5.74) is 8.84. The normalized spacial score (nSPS) is 16.9. The Bertz CT molecular complexity index is 1550. The SMILES string of the molecule is C=S(=O)(Nc1ccc(C(=O)N2CC(C(C)(N)c3ccccc3OC)C2)cc1)c1cccc2cccnc12. The van der Waals surface area contributed by atoms with Crippen LogP contribution in [0.1, 0.15) is 22.8 Å². The maximum atomic E-state index is 13.5. The molecule has 5 rings (SSSR count). The van der Waals surface area contributed by atoms with Gasteiger partial charge in [-0.1, -0.05) is 36.4 Å². The van der Waals surface area contributed by atoms with Crippen molar-refractivity contribution < 1.29 is 13.7 Å². The van der Waals surface area contributed by atoms with Gasteiger partial charge in [0.05, 0.1) is 27.2 Å². The predicted molar refractivity (Wildman–Crippen MR) is 149 cm³/mol. The van der Waals surface area contributed by atoms with E-state index in [-0.39, 0.29) is 11.8 Å². The number of likely N-dealkylation sites (tertiary alicyclic amines) is 1. The molecule has 3 N–H and O–H groups in total. The highest BCUT2D eigenvalue weighted by atomic mass is 32.2. The van der Waals surface area contributed by atoms with Crippen LogP contribution >= 0.6 is 0 Å². The van der Waals surface area contributed by atoms with Crippen molar-refractivity contribution in [1.82, 2.24) is 9.88 Å². The van der Waals surface area contributed by atoms with Crippen molar-refractivity contribution in [3.8, 4) is 5.75 Å². The number of fused-ring (bicyclic) bond motifs is 1. The van der Waals surface area contributed by atoms with Crippen LogP contribution in [0.5, 0.6) is 5.75 Å². The number of nitrogens with two attached hydrogens (primary N) is 1. The first-order valence-electron chi connectivity index (χ1n) is 12.0. The molecule has 7 nitrogen and oxygen atoms in total. The monoisotopic (exact) mass is 514 g/mol. The molecule has 2 atom stereocenters. The summed E-state index contributed by atoms with van der Waals surface area (Å²) in [4.78, 5) is 19.8. The van der Waals surface area contributed by atoms with E-state index in [2.05, 4.69) is 15.6 Å². The van der Waals surface area contributed by atoms with E-state index in [0.717, 1.165) is 16.7 Å². The number of carbonyl (C=O) groups is 1. The minimum Gasteiger partial charge on any atom is -0.496 e. The van der Waals surface area contributed by atoms with E-state index in [0.29, 0.717) is 34.8 Å². The predicted octanol–water partition coefficient (Wildman–Crippen LogP) is 4.29. The summed E-state index contributed by atoms with van der Waals surface area (Å²) in [6.45, 7) is 3.11. The molecule has 0 aliphatic carbocycles. The highest BCUT2D eigenvalue weighted by molar-refractivity contribution is 8.01. The zero-order valence-corrected chi connectivity index (χ0v) is 21.7. The minimum atomic E-state index is -2.87. The Kier molecular flexibility index (Phi) is 6.39. The van der Waals surface area contributed by atoms with Crippen molar-refractivity contribution in [2.24, 2.45) is 11.7 Å². The number of hydrogen-bond acceptors (Lipinski definition) is 5. The highest BCUT2D eigenvalue weighted by Crippen LogP contribution is 2.38. The Labute approximate surface area is 217 Å². The van der Waals surface area contributed by atoms with Crippen LogP contribution in [0.4, 0.5) is 5.69 Å². The van der Waals surface area contributed by atoms with Gasteiger partial charge in [0.1, 0.15) is 5.75 Å². The van der Waals surface area contributed by atoms with Gasteiger partial charge >= 0.3 is 0 Å². The smallest absolute Gasteiger partial charge is 0.253 e. The van der Waals surface area contributed by atoms with Gasteiger partial charge in [-0.15, -0.1) is 0 Å². The van der Waals surface area contributed by atoms with Gasteiger partial charge in [0.25, 0.3) is 5.91 Å². The zero-order valence-electron chi connectivity index (χ0n) is 20.9. The number of para-hydroxylation sites is 2. The van der Waals surface area contributed by atoms with E-state index in [4.69, 9.17) is 10.5 Å². The lowest BCUT2D eigenvalue weighted by molar-refractivity contribution is 0.0318. The molecule has 1 aromatic heterocycles. The largest absolute Gasteiger partial charge is 0.496 e. The van der Waals surface area contributed by atoms with Crippen molar-refractivity contribution >= 4 is 38.1 Å². The maximum Gasteiger partial charge on any atom is 0.253 e. The molecular formula is C29H30N4O3S. The summed E-state index contributed by atoms with van der Waals surface area (Å²) < 4.78 is 22.0. The molecule has 0 saturated carbocycles. The van der Waals surface area contributed by atoms with Crippen molar-refractivity contribution in [2.45, 2.75) is 17.4 Å². The fraction of sp³-hybridized carbons (Fsp3) is 0.207. The summed E-state index contributed by atoms with van der Waals surface area (Å²) in [7, 11) is -1.24. The lowest BCUT2D eigenvalue weighted by Gasteiger charge is -2.47. The molecule has 2 unspecified atom stereocenters. The number of nitrogens with one attached hydrogen (secondary N) is 1. The molecule has 3 aromatic carbocycles. The summed E-state index contributed by atoms with van der Waals surface area (Å²) in [6, 6.07) is 24.0. The summed E-state index contributed by atoms with van der Waals surface area (Å²) in [5.74, 6) is 4.74. The second kappa shape index (κ2) is 9.53. The van der Waals surface area contributed by atoms with Gasteiger partial charge in [-0.05, 0) is 55.3 Å². The van der Waals surface area contributed by atoms with Crippen LogP contribution in [-0.4, -0.2) is 46.1 Å². The number of hydrogen-bond donors (Lipinski definition) is 2. The number of aromatic nitrogens is 1. The Morgan fingerprint density at radius 2 is 1.78 bits per heavy atom. The lowest BCUT2D eigenvalue weighted by Crippen LogP contribution is -2.60. The Hall–Kier alpha value is -3.88. The topological polar surface area (TPSA) is 97.6 Å². The van der Waals surface area contributed by atoms with Crippen LogP contribution in [0.15, 0.2) is 90.0 Å². The van der Waals surface area contributed by atoms with Crippen LogP contribution in [0, 0.1) is 5.92 Å². The average Bonchev–Trinajstić information content (AvgIpc) is 2.87. The molecule has 2 heterocycles. The lowest BCUT2D eigenvalue weighted by atomic mass is 9.75. The number of anilines is 1. The second-order valence-electron chi connectivity index (χ2n) is 9.58. The molecule has 37 heavy (non-hydrogen) atoms. The van der Waals surface area contributed by atoms with E-state index >= 15 is 0 Å². The van der Waals surface area contributed by atoms with Crippen LogP contribution in [0.3, 0.4) is 0 Å². The molecule has 1 saturated heterocycles. The van der Waals surface area contributed by atoms with Crippen molar-refractivity contribution in [1.29, 1.82) is 0 Å². The maximum absolute atomic E-state index is 13.5. The molecule has 190 valence electrons. The van der Waals surface area contributed by atoms with Crippen molar-refractivity contribution in [3.63, 3.8) is 0 Å². The quantitative estimate of drug-likeness (QED) is 0.359. The third-order valence-electron chi connectivity index (χ3n) is 7.07. The highest BCUT2D eigenvalue weighted by Gasteiger charge is 2.43. The van der Waals surface area contributed by atoms with E-state index in [9.17, 15) is 9.00 Å². The van der Waals surface area contributed by atoms with E-state index in [1.807, 2.05) is 55.5 Å². The first-order chi connectivity index (χ1) is 17.7. The van der Waals surface area contributed by atoms with Crippen molar-refractivity contribution in [3.05, 3.63) is 96.2 Å². The van der Waals surface area contributed by atoms with E-state index < -0.39 is 15.2 Å². The Morgan fingerprint density at radius 1 is 1.08 bits per heavy atom. The van der Waals surface area contributed by atoms with Gasteiger partial charge in [-0.25, -0.2) is 4.21 Å². The molecule has 1 aliphatic heterocycles. The zero-order chi connectivity index (χ0) is 26.2. The fourth-order valence-electron chi connectivity index (χ4n) is 4.78. The fourth-order valence-corrected chi connectivity index (χ4v) is 6.19. The van der Waals surface area contributed by atoms with Crippen molar-refractivity contribution in [2.75, 3.05) is 24.9 Å². The first kappa shape index (κ1) is 24.8. The molecule has 0 bridgehead atoms. The van der Waals surface area contributed by atoms with Gasteiger partial charge in [0, 0.05) is 52.9 Å². The number of benzene rings is 3. The molecule has 1 fully saturated rings. The molecule has 0 radical (unpaired) electrons.